The highest BCUT2D eigenvalue weighted by Gasteiger charge is 2.43. The first-order chi connectivity index (χ1) is 36.4. The topological polar surface area (TPSA) is 412 Å². The number of H-pyrrole nitrogens is 1. The van der Waals surface area contributed by atoms with E-state index in [0.717, 1.165) is 21.4 Å². The molecule has 0 unspecified atom stereocenters. The molecule has 2 aliphatic heterocycles. The summed E-state index contributed by atoms with van der Waals surface area (Å²) < 4.78 is 0. The number of nitrogens with zero attached hydrogens (tertiary/aromatic N) is 2. The summed E-state index contributed by atoms with van der Waals surface area (Å²) in [5.74, 6) is -13.0. The highest BCUT2D eigenvalue weighted by atomic mass is 32.2. The van der Waals surface area contributed by atoms with Gasteiger partial charge in [-0.2, -0.15) is 11.8 Å². The van der Waals surface area contributed by atoms with Gasteiger partial charge in [-0.05, 0) is 74.0 Å². The Labute approximate surface area is 449 Å². The van der Waals surface area contributed by atoms with E-state index in [1.54, 1.807) is 33.9 Å². The molecule has 9 amide bonds. The summed E-state index contributed by atoms with van der Waals surface area (Å²) in [5.41, 5.74) is 13.2. The van der Waals surface area contributed by atoms with Crippen LogP contribution >= 0.6 is 11.8 Å². The maximum Gasteiger partial charge on any atom is 0.326 e. The number of rotatable bonds is 30. The molecule has 77 heavy (non-hydrogen) atoms. The van der Waals surface area contributed by atoms with Crippen LogP contribution in [0.2, 0.25) is 0 Å². The molecule has 0 saturated carbocycles. The minimum atomic E-state index is -1.79. The Balaban J connectivity index is 1.50. The average molecular weight is 1100 g/mol. The maximum atomic E-state index is 14.5. The number of amides is 9. The van der Waals surface area contributed by atoms with Crippen molar-refractivity contribution in [3.8, 4) is 0 Å². The minimum absolute atomic E-state index is 0.0144. The van der Waals surface area contributed by atoms with Gasteiger partial charge in [0.2, 0.25) is 53.2 Å². The van der Waals surface area contributed by atoms with Gasteiger partial charge in [0.25, 0.3) is 0 Å². The van der Waals surface area contributed by atoms with Crippen LogP contribution in [0.5, 0.6) is 0 Å². The van der Waals surface area contributed by atoms with E-state index < -0.39 is 163 Å². The van der Waals surface area contributed by atoms with E-state index in [-0.39, 0.29) is 45.2 Å². The van der Waals surface area contributed by atoms with Crippen LogP contribution in [0.25, 0.3) is 10.9 Å². The summed E-state index contributed by atoms with van der Waals surface area (Å²) in [5, 5.41) is 44.3. The number of nitrogens with one attached hydrogen (secondary N) is 7. The Morgan fingerprint density at radius 2 is 1.26 bits per heavy atom. The zero-order valence-electron chi connectivity index (χ0n) is 43.8. The molecule has 0 spiro atoms. The number of para-hydroxylation sites is 1. The number of fused-ring (bicyclic) bond motifs is 1. The average Bonchev–Trinajstić information content (AvgIpc) is 4.17. The summed E-state index contributed by atoms with van der Waals surface area (Å²) in [4.78, 5) is 164. The molecule has 2 saturated heterocycles. The molecule has 1 aromatic heterocycles. The third kappa shape index (κ3) is 17.6. The zero-order chi connectivity index (χ0) is 57.3. The van der Waals surface area contributed by atoms with Crippen molar-refractivity contribution in [2.75, 3.05) is 25.1 Å². The van der Waals surface area contributed by atoms with E-state index >= 15 is 0 Å². The molecular formula is C50H73N11O15S. The number of hydrogen-bond acceptors (Lipinski definition) is 14. The number of aromatic amines is 1. The summed E-state index contributed by atoms with van der Waals surface area (Å²) in [6.07, 6.45) is 2.24. The van der Waals surface area contributed by atoms with Gasteiger partial charge >= 0.3 is 17.9 Å². The number of carbonyl (C=O) groups is 12. The van der Waals surface area contributed by atoms with Gasteiger partial charge in [0.1, 0.15) is 48.3 Å². The molecule has 10 atom stereocenters. The first kappa shape index (κ1) is 62.3. The number of hydrogen-bond donors (Lipinski definition) is 12. The minimum Gasteiger partial charge on any atom is -0.481 e. The van der Waals surface area contributed by atoms with E-state index in [2.05, 4.69) is 36.9 Å². The molecule has 424 valence electrons. The molecule has 0 aliphatic carbocycles. The van der Waals surface area contributed by atoms with E-state index in [4.69, 9.17) is 16.6 Å². The molecule has 14 N–H and O–H groups in total. The predicted molar refractivity (Wildman–Crippen MR) is 279 cm³/mol. The number of nitrogens with two attached hydrogens (primary N) is 2. The van der Waals surface area contributed by atoms with Crippen LogP contribution in [-0.4, -0.2) is 181 Å². The third-order valence-electron chi connectivity index (χ3n) is 13.7. The molecule has 2 aliphatic rings. The summed E-state index contributed by atoms with van der Waals surface area (Å²) in [6.45, 7) is 6.43. The number of thioether (sulfide) groups is 1. The summed E-state index contributed by atoms with van der Waals surface area (Å²) >= 11 is 1.51. The molecular weight excluding hydrogens is 1030 g/mol. The van der Waals surface area contributed by atoms with Crippen LogP contribution < -0.4 is 43.4 Å². The maximum absolute atomic E-state index is 14.5. The van der Waals surface area contributed by atoms with Crippen molar-refractivity contribution in [2.45, 2.75) is 153 Å². The van der Waals surface area contributed by atoms with Gasteiger partial charge in [-0.25, -0.2) is 4.79 Å². The van der Waals surface area contributed by atoms with Crippen molar-refractivity contribution in [2.24, 2.45) is 23.3 Å². The third-order valence-corrected chi connectivity index (χ3v) is 14.3. The van der Waals surface area contributed by atoms with Gasteiger partial charge in [-0.3, -0.25) is 52.7 Å². The van der Waals surface area contributed by atoms with Crippen LogP contribution in [0, 0.1) is 11.8 Å². The molecule has 1 aromatic carbocycles. The predicted octanol–water partition coefficient (Wildman–Crippen LogP) is -1.32. The van der Waals surface area contributed by atoms with Gasteiger partial charge in [0.15, 0.2) is 0 Å². The molecule has 4 rings (SSSR count). The Kier molecular flexibility index (Phi) is 23.7. The Bertz CT molecular complexity index is 2510. The van der Waals surface area contributed by atoms with Gasteiger partial charge < -0.3 is 73.5 Å². The van der Waals surface area contributed by atoms with Crippen molar-refractivity contribution in [3.63, 3.8) is 0 Å². The van der Waals surface area contributed by atoms with Gasteiger partial charge in [0.05, 0.1) is 18.9 Å². The normalized spacial score (nSPS) is 18.4. The van der Waals surface area contributed by atoms with Crippen molar-refractivity contribution in [3.05, 3.63) is 36.0 Å². The number of likely N-dealkylation sites (tertiary alicyclic amines) is 2. The largest absolute Gasteiger partial charge is 0.481 e. The highest BCUT2D eigenvalue weighted by molar-refractivity contribution is 7.98. The van der Waals surface area contributed by atoms with Gasteiger partial charge in [-0.1, -0.05) is 52.3 Å². The number of aromatic nitrogens is 1. The van der Waals surface area contributed by atoms with E-state index in [9.17, 15) is 67.7 Å². The lowest BCUT2D eigenvalue weighted by Gasteiger charge is -2.32. The summed E-state index contributed by atoms with van der Waals surface area (Å²) in [6, 6.07) is -5.09. The molecule has 0 radical (unpaired) electrons. The van der Waals surface area contributed by atoms with Crippen molar-refractivity contribution in [1.82, 2.24) is 46.7 Å². The second-order valence-electron chi connectivity index (χ2n) is 19.7. The SMILES string of the molecule is CC[C@H](C)[C@H](NC(=O)[C@H](CC(N)=O)NC(=O)[C@@H]1CCCN1C(=O)[C@H](CC(=O)O)NC(=O)[C@@H](NC(=O)[C@@H]1CCCN1C(=O)[C@H](Cc1c[nH]c2ccccc12)NC(=O)[C@@H](N)CCSC)C(C)C)C(=O)N[C@@H](CCC(=O)O)C(=O)O. The van der Waals surface area contributed by atoms with Crippen LogP contribution in [0.1, 0.15) is 97.5 Å². The number of aliphatic carboxylic acids is 3. The number of benzene rings is 1. The highest BCUT2D eigenvalue weighted by Crippen LogP contribution is 2.25. The lowest BCUT2D eigenvalue weighted by atomic mass is 9.97. The number of primary amides is 1. The molecule has 0 bridgehead atoms. The molecule has 3 heterocycles. The fourth-order valence-corrected chi connectivity index (χ4v) is 9.71. The second kappa shape index (κ2) is 29.3. The lowest BCUT2D eigenvalue weighted by molar-refractivity contribution is -0.147. The van der Waals surface area contributed by atoms with E-state index in [1.165, 1.54) is 16.7 Å². The van der Waals surface area contributed by atoms with Gasteiger partial charge in [-0.15, -0.1) is 0 Å². The van der Waals surface area contributed by atoms with Crippen LogP contribution in [0.3, 0.4) is 0 Å². The first-order valence-corrected chi connectivity index (χ1v) is 27.0. The molecule has 2 fully saturated rings. The van der Waals surface area contributed by atoms with Crippen LogP contribution in [-0.2, 0) is 64.0 Å². The lowest BCUT2D eigenvalue weighted by Crippen LogP contribution is -2.61. The number of carbonyl (C=O) groups excluding carboxylic acids is 9. The molecule has 26 nitrogen and oxygen atoms in total. The standard InChI is InChI=1S/C50H73N11O15S/c1-6-26(4)41(47(72)54-31(50(75)76)15-16-38(63)64)59-43(68)32(22-37(52)62)55-44(69)35-13-9-18-60(35)49(74)34(23-39(65)66)57-46(71)40(25(2)3)58-45(70)36-14-10-19-61(36)48(73)33(56-42(67)29(51)17-20-77-5)21-27-24-53-30-12-8-7-11-28(27)30/h7-8,11-12,24-26,29,31-36,40-41,53H,6,9-10,13-23,51H2,1-5H3,(H2,52,62)(H,54,72)(H,55,69)(H,56,67)(H,57,71)(H,58,70)(H,59,68)(H,63,64)(H,65,66)(H,75,76)/t26-,29-,31-,32-,33-,34-,35-,36-,40-,41-/m0/s1. The van der Waals surface area contributed by atoms with Gasteiger partial charge in [0, 0.05) is 43.0 Å². The monoisotopic (exact) mass is 1100 g/mol. The quantitative estimate of drug-likeness (QED) is 0.0432. The first-order valence-electron chi connectivity index (χ1n) is 25.6. The fraction of sp³-hybridized carbons (Fsp3) is 0.600. The van der Waals surface area contributed by atoms with Crippen LogP contribution in [0.15, 0.2) is 30.5 Å². The van der Waals surface area contributed by atoms with E-state index in [0.29, 0.717) is 18.6 Å². The Morgan fingerprint density at radius 1 is 0.688 bits per heavy atom. The smallest absolute Gasteiger partial charge is 0.326 e. The van der Waals surface area contributed by atoms with Crippen molar-refractivity contribution >= 4 is 93.7 Å². The molecule has 2 aromatic rings. The summed E-state index contributed by atoms with van der Waals surface area (Å²) in [7, 11) is 0. The van der Waals surface area contributed by atoms with Crippen LogP contribution in [0.4, 0.5) is 0 Å². The van der Waals surface area contributed by atoms with Crippen molar-refractivity contribution in [1.29, 1.82) is 0 Å². The van der Waals surface area contributed by atoms with E-state index in [1.807, 2.05) is 30.5 Å². The molecule has 27 heteroatoms. The zero-order valence-corrected chi connectivity index (χ0v) is 44.7. The Hall–Kier alpha value is -7.29. The Morgan fingerprint density at radius 3 is 1.82 bits per heavy atom. The van der Waals surface area contributed by atoms with Crippen molar-refractivity contribution < 1.29 is 72.9 Å². The second-order valence-corrected chi connectivity index (χ2v) is 20.7. The fourth-order valence-electron chi connectivity index (χ4n) is 9.22. The number of carboxylic acids is 3. The number of carboxylic acid groups (broad SMARTS) is 3.